The summed E-state index contributed by atoms with van der Waals surface area (Å²) in [6.07, 6.45) is 1.39. The second-order valence-corrected chi connectivity index (χ2v) is 5.66. The van der Waals surface area contributed by atoms with Crippen molar-refractivity contribution in [3.8, 4) is 0 Å². The second kappa shape index (κ2) is 5.48. The molecule has 1 N–H and O–H groups in total. The van der Waals surface area contributed by atoms with E-state index < -0.39 is 0 Å². The van der Waals surface area contributed by atoms with Gasteiger partial charge in [-0.3, -0.25) is 0 Å². The standard InChI is InChI=1S/C15H18OS/c1-3-12-5-7-13(8-6-12)10-14(16)15-9-4-11(2)17-15/h4-9,14,16H,3,10H2,1-2H3. The van der Waals surface area contributed by atoms with Crippen LogP contribution in [0.1, 0.15) is 33.9 Å². The SMILES string of the molecule is CCc1ccc(CC(O)c2ccc(C)s2)cc1. The van der Waals surface area contributed by atoms with Crippen molar-refractivity contribution in [3.63, 3.8) is 0 Å². The van der Waals surface area contributed by atoms with Crippen molar-refractivity contribution in [1.82, 2.24) is 0 Å². The van der Waals surface area contributed by atoms with Gasteiger partial charge in [-0.15, -0.1) is 11.3 Å². The van der Waals surface area contributed by atoms with E-state index in [0.29, 0.717) is 6.42 Å². The van der Waals surface area contributed by atoms with Crippen molar-refractivity contribution in [2.45, 2.75) is 32.8 Å². The summed E-state index contributed by atoms with van der Waals surface area (Å²) in [5.41, 5.74) is 2.54. The molecule has 0 aliphatic rings. The van der Waals surface area contributed by atoms with Gasteiger partial charge in [0.25, 0.3) is 0 Å². The first-order valence-electron chi connectivity index (χ1n) is 6.01. The maximum absolute atomic E-state index is 10.1. The number of benzene rings is 1. The molecule has 1 atom stereocenters. The highest BCUT2D eigenvalue weighted by Gasteiger charge is 2.10. The van der Waals surface area contributed by atoms with E-state index in [9.17, 15) is 5.11 Å². The Morgan fingerprint density at radius 1 is 1.06 bits per heavy atom. The molecule has 0 saturated heterocycles. The van der Waals surface area contributed by atoms with Gasteiger partial charge in [-0.25, -0.2) is 0 Å². The first-order valence-corrected chi connectivity index (χ1v) is 6.83. The Balaban J connectivity index is 2.04. The number of hydrogen-bond acceptors (Lipinski definition) is 2. The first-order chi connectivity index (χ1) is 8.19. The fourth-order valence-corrected chi connectivity index (χ4v) is 2.73. The lowest BCUT2D eigenvalue weighted by molar-refractivity contribution is 0.182. The summed E-state index contributed by atoms with van der Waals surface area (Å²) in [6.45, 7) is 4.22. The third-order valence-corrected chi connectivity index (χ3v) is 4.05. The predicted molar refractivity (Wildman–Crippen MR) is 73.5 cm³/mol. The van der Waals surface area contributed by atoms with E-state index >= 15 is 0 Å². The molecule has 0 bridgehead atoms. The van der Waals surface area contributed by atoms with E-state index in [1.165, 1.54) is 16.0 Å². The number of thiophene rings is 1. The lowest BCUT2D eigenvalue weighted by atomic mass is 10.0. The normalized spacial score (nSPS) is 12.6. The monoisotopic (exact) mass is 246 g/mol. The predicted octanol–water partition coefficient (Wildman–Crippen LogP) is 3.90. The summed E-state index contributed by atoms with van der Waals surface area (Å²) in [5, 5.41) is 10.1. The fourth-order valence-electron chi connectivity index (χ4n) is 1.87. The minimum Gasteiger partial charge on any atom is -0.387 e. The molecular formula is C15H18OS. The molecule has 1 unspecified atom stereocenters. The van der Waals surface area contributed by atoms with E-state index in [0.717, 1.165) is 11.3 Å². The molecule has 0 spiro atoms. The molecule has 0 aliphatic heterocycles. The van der Waals surface area contributed by atoms with Crippen LogP contribution in [0.25, 0.3) is 0 Å². The van der Waals surface area contributed by atoms with Gasteiger partial charge in [0, 0.05) is 16.2 Å². The summed E-state index contributed by atoms with van der Waals surface area (Å²) in [7, 11) is 0. The van der Waals surface area contributed by atoms with Crippen molar-refractivity contribution in [1.29, 1.82) is 0 Å². The largest absolute Gasteiger partial charge is 0.387 e. The van der Waals surface area contributed by atoms with Crippen molar-refractivity contribution >= 4 is 11.3 Å². The first kappa shape index (κ1) is 12.3. The van der Waals surface area contributed by atoms with Crippen molar-refractivity contribution in [2.24, 2.45) is 0 Å². The molecule has 90 valence electrons. The minimum absolute atomic E-state index is 0.374. The zero-order chi connectivity index (χ0) is 12.3. The maximum Gasteiger partial charge on any atom is 0.0922 e. The zero-order valence-corrected chi connectivity index (χ0v) is 11.1. The third-order valence-electron chi connectivity index (χ3n) is 2.95. The van der Waals surface area contributed by atoms with E-state index in [4.69, 9.17) is 0 Å². The van der Waals surface area contributed by atoms with Crippen molar-refractivity contribution < 1.29 is 5.11 Å². The van der Waals surface area contributed by atoms with Crippen LogP contribution in [0.15, 0.2) is 36.4 Å². The van der Waals surface area contributed by atoms with Gasteiger partial charge in [-0.05, 0) is 36.6 Å². The number of aryl methyl sites for hydroxylation is 2. The van der Waals surface area contributed by atoms with Crippen LogP contribution < -0.4 is 0 Å². The van der Waals surface area contributed by atoms with Crippen LogP contribution in [0.3, 0.4) is 0 Å². The van der Waals surface area contributed by atoms with E-state index in [1.807, 2.05) is 6.07 Å². The van der Waals surface area contributed by atoms with Crippen molar-refractivity contribution in [2.75, 3.05) is 0 Å². The Kier molecular flexibility index (Phi) is 3.97. The Bertz CT molecular complexity index is 470. The number of rotatable bonds is 4. The van der Waals surface area contributed by atoms with Crippen LogP contribution in [0.2, 0.25) is 0 Å². The number of hydrogen-bond donors (Lipinski definition) is 1. The molecule has 2 aromatic rings. The van der Waals surface area contributed by atoms with Crippen LogP contribution in [0, 0.1) is 6.92 Å². The summed E-state index contributed by atoms with van der Waals surface area (Å²) in [5.74, 6) is 0. The lowest BCUT2D eigenvalue weighted by Crippen LogP contribution is -1.99. The van der Waals surface area contributed by atoms with Gasteiger partial charge in [0.15, 0.2) is 0 Å². The average Bonchev–Trinajstić information content (AvgIpc) is 2.77. The molecule has 2 heteroatoms. The molecule has 0 amide bonds. The highest BCUT2D eigenvalue weighted by atomic mass is 32.1. The van der Waals surface area contributed by atoms with Crippen LogP contribution in [-0.2, 0) is 12.8 Å². The summed E-state index contributed by atoms with van der Waals surface area (Å²) < 4.78 is 0. The van der Waals surface area contributed by atoms with Gasteiger partial charge >= 0.3 is 0 Å². The Morgan fingerprint density at radius 2 is 1.71 bits per heavy atom. The molecule has 1 nitrogen and oxygen atoms in total. The third kappa shape index (κ3) is 3.18. The Morgan fingerprint density at radius 3 is 2.24 bits per heavy atom. The molecule has 17 heavy (non-hydrogen) atoms. The van der Waals surface area contributed by atoms with Gasteiger partial charge in [-0.1, -0.05) is 31.2 Å². The fraction of sp³-hybridized carbons (Fsp3) is 0.333. The van der Waals surface area contributed by atoms with E-state index in [-0.39, 0.29) is 6.10 Å². The maximum atomic E-state index is 10.1. The molecule has 0 aliphatic carbocycles. The van der Waals surface area contributed by atoms with Gasteiger partial charge < -0.3 is 5.11 Å². The Hall–Kier alpha value is -1.12. The number of aliphatic hydroxyl groups is 1. The Labute approximate surface area is 107 Å². The highest BCUT2D eigenvalue weighted by molar-refractivity contribution is 7.12. The molecule has 0 saturated carbocycles. The zero-order valence-electron chi connectivity index (χ0n) is 10.3. The lowest BCUT2D eigenvalue weighted by Gasteiger charge is -2.09. The van der Waals surface area contributed by atoms with Gasteiger partial charge in [0.1, 0.15) is 0 Å². The average molecular weight is 246 g/mol. The van der Waals surface area contributed by atoms with Crippen LogP contribution in [-0.4, -0.2) is 5.11 Å². The van der Waals surface area contributed by atoms with Crippen molar-refractivity contribution in [3.05, 3.63) is 57.3 Å². The van der Waals surface area contributed by atoms with Gasteiger partial charge in [0.2, 0.25) is 0 Å². The second-order valence-electron chi connectivity index (χ2n) is 4.34. The smallest absolute Gasteiger partial charge is 0.0922 e. The highest BCUT2D eigenvalue weighted by Crippen LogP contribution is 2.25. The van der Waals surface area contributed by atoms with Gasteiger partial charge in [-0.2, -0.15) is 0 Å². The van der Waals surface area contributed by atoms with Crippen LogP contribution >= 0.6 is 11.3 Å². The molecule has 0 fully saturated rings. The topological polar surface area (TPSA) is 20.2 Å². The number of aliphatic hydroxyl groups excluding tert-OH is 1. The minimum atomic E-state index is -0.374. The van der Waals surface area contributed by atoms with Gasteiger partial charge in [0.05, 0.1) is 6.10 Å². The molecular weight excluding hydrogens is 228 g/mol. The van der Waals surface area contributed by atoms with E-state index in [2.05, 4.69) is 44.2 Å². The summed E-state index contributed by atoms with van der Waals surface area (Å²) in [4.78, 5) is 2.31. The summed E-state index contributed by atoms with van der Waals surface area (Å²) in [6, 6.07) is 12.6. The molecule has 1 aromatic heterocycles. The molecule has 2 rings (SSSR count). The summed E-state index contributed by atoms with van der Waals surface area (Å²) >= 11 is 1.67. The van der Waals surface area contributed by atoms with Crippen LogP contribution in [0.4, 0.5) is 0 Å². The molecule has 1 heterocycles. The quantitative estimate of drug-likeness (QED) is 0.867. The van der Waals surface area contributed by atoms with Crippen LogP contribution in [0.5, 0.6) is 0 Å². The molecule has 0 radical (unpaired) electrons. The molecule has 1 aromatic carbocycles. The van der Waals surface area contributed by atoms with E-state index in [1.54, 1.807) is 11.3 Å².